The summed E-state index contributed by atoms with van der Waals surface area (Å²) in [6.45, 7) is 0. The van der Waals surface area contributed by atoms with E-state index < -0.39 is 0 Å². The Labute approximate surface area is 143 Å². The molecule has 3 aromatic rings. The summed E-state index contributed by atoms with van der Waals surface area (Å²) in [5.41, 5.74) is 1.91. The first kappa shape index (κ1) is 15.0. The number of hydrogen-bond donors (Lipinski definition) is 1. The molecular formula is C17H14ClN3O3. The van der Waals surface area contributed by atoms with Gasteiger partial charge in [-0.1, -0.05) is 23.7 Å². The lowest BCUT2D eigenvalue weighted by atomic mass is 9.77. The van der Waals surface area contributed by atoms with Crippen LogP contribution >= 0.6 is 11.6 Å². The van der Waals surface area contributed by atoms with Crippen molar-refractivity contribution in [3.8, 4) is 23.2 Å². The molecule has 2 aromatic heterocycles. The van der Waals surface area contributed by atoms with Gasteiger partial charge in [-0.15, -0.1) is 0 Å². The van der Waals surface area contributed by atoms with Gasteiger partial charge in [0, 0.05) is 23.5 Å². The Morgan fingerprint density at radius 1 is 1.12 bits per heavy atom. The molecule has 1 aliphatic rings. The van der Waals surface area contributed by atoms with E-state index in [-0.39, 0.29) is 12.0 Å². The zero-order valence-corrected chi connectivity index (χ0v) is 13.3. The maximum absolute atomic E-state index is 9.18. The standard InChI is InChI=1S/C17H14ClN3O3/c18-13-3-1-10(2-4-13)11-5-14(6-11)23-17-19-8-12(9-20-17)15-7-16(22)21-24-15/h1-4,7-9,11,14H,5-6H2,(H,21,22)/t11-,14+. The number of aromatic hydroxyl groups is 1. The van der Waals surface area contributed by atoms with Crippen molar-refractivity contribution < 1.29 is 14.4 Å². The molecule has 1 fully saturated rings. The highest BCUT2D eigenvalue weighted by Gasteiger charge is 2.32. The highest BCUT2D eigenvalue weighted by Crippen LogP contribution is 2.39. The second-order valence-electron chi connectivity index (χ2n) is 5.76. The number of benzene rings is 1. The first-order chi connectivity index (χ1) is 11.7. The molecule has 0 spiro atoms. The highest BCUT2D eigenvalue weighted by molar-refractivity contribution is 6.30. The topological polar surface area (TPSA) is 81.3 Å². The molecule has 1 saturated carbocycles. The lowest BCUT2D eigenvalue weighted by Gasteiger charge is -2.34. The summed E-state index contributed by atoms with van der Waals surface area (Å²) in [5, 5.41) is 13.3. The molecule has 0 bridgehead atoms. The molecule has 1 N–H and O–H groups in total. The van der Waals surface area contributed by atoms with Gasteiger partial charge in [-0.25, -0.2) is 9.97 Å². The number of rotatable bonds is 4. The lowest BCUT2D eigenvalue weighted by molar-refractivity contribution is 0.0882. The van der Waals surface area contributed by atoms with E-state index >= 15 is 0 Å². The zero-order chi connectivity index (χ0) is 16.5. The number of aromatic nitrogens is 3. The van der Waals surface area contributed by atoms with E-state index in [9.17, 15) is 5.11 Å². The summed E-state index contributed by atoms with van der Waals surface area (Å²) in [7, 11) is 0. The SMILES string of the molecule is Oc1cc(-c2cnc(O[C@H]3C[C@@H](c4ccc(Cl)cc4)C3)nc2)on1. The zero-order valence-electron chi connectivity index (χ0n) is 12.6. The number of ether oxygens (including phenoxy) is 1. The van der Waals surface area contributed by atoms with Crippen LogP contribution in [0.25, 0.3) is 11.3 Å². The molecule has 4 rings (SSSR count). The molecule has 0 aliphatic heterocycles. The predicted octanol–water partition coefficient (Wildman–Crippen LogP) is 3.82. The number of nitrogens with zero attached hydrogens (tertiary/aromatic N) is 3. The maximum atomic E-state index is 9.18. The van der Waals surface area contributed by atoms with Gasteiger partial charge in [-0.05, 0) is 41.6 Å². The molecule has 1 aliphatic carbocycles. The smallest absolute Gasteiger partial charge is 0.316 e. The molecule has 122 valence electrons. The van der Waals surface area contributed by atoms with Crippen molar-refractivity contribution in [2.45, 2.75) is 24.9 Å². The van der Waals surface area contributed by atoms with Crippen LogP contribution in [0, 0.1) is 0 Å². The van der Waals surface area contributed by atoms with Gasteiger partial charge in [-0.2, -0.15) is 0 Å². The van der Waals surface area contributed by atoms with E-state index in [2.05, 4.69) is 27.3 Å². The quantitative estimate of drug-likeness (QED) is 0.775. The third-order valence-electron chi connectivity index (χ3n) is 4.12. The number of hydrogen-bond acceptors (Lipinski definition) is 6. The lowest BCUT2D eigenvalue weighted by Crippen LogP contribution is -2.32. The van der Waals surface area contributed by atoms with Crippen molar-refractivity contribution in [2.75, 3.05) is 0 Å². The third-order valence-corrected chi connectivity index (χ3v) is 4.37. The van der Waals surface area contributed by atoms with Crippen molar-refractivity contribution in [3.63, 3.8) is 0 Å². The van der Waals surface area contributed by atoms with Crippen molar-refractivity contribution in [1.82, 2.24) is 15.1 Å². The fourth-order valence-corrected chi connectivity index (χ4v) is 2.85. The van der Waals surface area contributed by atoms with Crippen LogP contribution in [0.4, 0.5) is 0 Å². The van der Waals surface area contributed by atoms with E-state index in [1.165, 1.54) is 11.6 Å². The minimum atomic E-state index is -0.173. The largest absolute Gasteiger partial charge is 0.491 e. The van der Waals surface area contributed by atoms with Gasteiger partial charge >= 0.3 is 6.01 Å². The van der Waals surface area contributed by atoms with Crippen LogP contribution in [0.1, 0.15) is 24.3 Å². The van der Waals surface area contributed by atoms with Crippen LogP contribution in [0.3, 0.4) is 0 Å². The second-order valence-corrected chi connectivity index (χ2v) is 6.20. The summed E-state index contributed by atoms with van der Waals surface area (Å²) in [6, 6.07) is 9.68. The Morgan fingerprint density at radius 3 is 2.46 bits per heavy atom. The molecule has 7 heteroatoms. The van der Waals surface area contributed by atoms with Crippen molar-refractivity contribution >= 4 is 11.6 Å². The van der Waals surface area contributed by atoms with Crippen molar-refractivity contribution in [1.29, 1.82) is 0 Å². The van der Waals surface area contributed by atoms with Gasteiger partial charge in [0.2, 0.25) is 0 Å². The van der Waals surface area contributed by atoms with E-state index in [1.807, 2.05) is 12.1 Å². The molecule has 0 unspecified atom stereocenters. The van der Waals surface area contributed by atoms with Crippen LogP contribution in [0.5, 0.6) is 11.9 Å². The average Bonchev–Trinajstić information content (AvgIpc) is 2.99. The molecule has 1 aromatic carbocycles. The van der Waals surface area contributed by atoms with Gasteiger partial charge in [0.05, 0.1) is 5.56 Å². The normalized spacial score (nSPS) is 19.7. The van der Waals surface area contributed by atoms with Gasteiger partial charge in [0.25, 0.3) is 5.88 Å². The highest BCUT2D eigenvalue weighted by atomic mass is 35.5. The summed E-state index contributed by atoms with van der Waals surface area (Å²) in [6.07, 6.45) is 5.15. The Kier molecular flexibility index (Phi) is 3.82. The summed E-state index contributed by atoms with van der Waals surface area (Å²) >= 11 is 5.91. The van der Waals surface area contributed by atoms with Crippen LogP contribution in [-0.4, -0.2) is 26.3 Å². The van der Waals surface area contributed by atoms with Gasteiger partial charge in [-0.3, -0.25) is 0 Å². The monoisotopic (exact) mass is 343 g/mol. The van der Waals surface area contributed by atoms with Crippen LogP contribution in [0.15, 0.2) is 47.2 Å². The van der Waals surface area contributed by atoms with Crippen LogP contribution in [-0.2, 0) is 0 Å². The molecular weight excluding hydrogens is 330 g/mol. The summed E-state index contributed by atoms with van der Waals surface area (Å²) in [4.78, 5) is 8.35. The van der Waals surface area contributed by atoms with Gasteiger partial charge in [0.1, 0.15) is 6.10 Å². The first-order valence-electron chi connectivity index (χ1n) is 7.57. The maximum Gasteiger partial charge on any atom is 0.316 e. The molecule has 0 radical (unpaired) electrons. The average molecular weight is 344 g/mol. The van der Waals surface area contributed by atoms with E-state index in [4.69, 9.17) is 20.9 Å². The first-order valence-corrected chi connectivity index (χ1v) is 7.95. The minimum Gasteiger partial charge on any atom is -0.491 e. The molecule has 6 nitrogen and oxygen atoms in total. The summed E-state index contributed by atoms with van der Waals surface area (Å²) in [5.74, 6) is 0.724. The Hall–Kier alpha value is -2.60. The van der Waals surface area contributed by atoms with E-state index in [1.54, 1.807) is 12.4 Å². The minimum absolute atomic E-state index is 0.117. The Bertz CT molecular complexity index is 827. The molecule has 2 heterocycles. The molecule has 24 heavy (non-hydrogen) atoms. The van der Waals surface area contributed by atoms with Gasteiger partial charge in [0.15, 0.2) is 5.76 Å². The second kappa shape index (κ2) is 6.13. The fourth-order valence-electron chi connectivity index (χ4n) is 2.72. The Morgan fingerprint density at radius 2 is 1.83 bits per heavy atom. The van der Waals surface area contributed by atoms with Crippen molar-refractivity contribution in [2.24, 2.45) is 0 Å². The molecule has 0 saturated heterocycles. The predicted molar refractivity (Wildman–Crippen MR) is 87.0 cm³/mol. The molecule has 0 atom stereocenters. The third kappa shape index (κ3) is 3.05. The fraction of sp³-hybridized carbons (Fsp3) is 0.235. The van der Waals surface area contributed by atoms with Crippen LogP contribution < -0.4 is 4.74 Å². The van der Waals surface area contributed by atoms with Gasteiger partial charge < -0.3 is 14.4 Å². The molecule has 0 amide bonds. The van der Waals surface area contributed by atoms with E-state index in [0.29, 0.717) is 23.3 Å². The number of halogens is 1. The van der Waals surface area contributed by atoms with E-state index in [0.717, 1.165) is 17.9 Å². The summed E-state index contributed by atoms with van der Waals surface area (Å²) < 4.78 is 10.7. The van der Waals surface area contributed by atoms with Crippen LogP contribution in [0.2, 0.25) is 5.02 Å². The van der Waals surface area contributed by atoms with Crippen molar-refractivity contribution in [3.05, 3.63) is 53.3 Å². The Balaban J connectivity index is 1.34.